The lowest BCUT2D eigenvalue weighted by molar-refractivity contribution is -0.387. The Bertz CT molecular complexity index is 494. The second-order valence-electron chi connectivity index (χ2n) is 4.77. The monoisotopic (exact) mass is 302 g/mol. The molecular weight excluding hydrogens is 286 g/mol. The summed E-state index contributed by atoms with van der Waals surface area (Å²) in [6.07, 6.45) is 3.57. The van der Waals surface area contributed by atoms with Gasteiger partial charge in [0.2, 0.25) is 5.82 Å². The molecule has 1 fully saturated rings. The number of benzene rings is 1. The van der Waals surface area contributed by atoms with Crippen LogP contribution in [-0.2, 0) is 6.54 Å². The van der Waals surface area contributed by atoms with Crippen molar-refractivity contribution in [3.63, 3.8) is 0 Å². The lowest BCUT2D eigenvalue weighted by Crippen LogP contribution is -2.26. The van der Waals surface area contributed by atoms with E-state index in [2.05, 4.69) is 5.32 Å². The highest BCUT2D eigenvalue weighted by molar-refractivity contribution is 7.99. The number of nitro groups is 1. The van der Waals surface area contributed by atoms with Crippen molar-refractivity contribution in [2.75, 3.05) is 12.3 Å². The predicted molar refractivity (Wildman–Crippen MR) is 74.8 cm³/mol. The number of hydrogen-bond donors (Lipinski definition) is 1. The zero-order valence-corrected chi connectivity index (χ0v) is 11.7. The molecule has 1 aliphatic heterocycles. The molecule has 1 N–H and O–H groups in total. The fraction of sp³-hybridized carbons (Fsp3) is 0.538. The van der Waals surface area contributed by atoms with E-state index in [1.54, 1.807) is 0 Å². The van der Waals surface area contributed by atoms with Crippen LogP contribution < -0.4 is 5.32 Å². The summed E-state index contributed by atoms with van der Waals surface area (Å²) < 4.78 is 26.7. The molecule has 1 aromatic rings. The molecule has 0 amide bonds. The second kappa shape index (κ2) is 6.99. The summed E-state index contributed by atoms with van der Waals surface area (Å²) >= 11 is 1.89. The van der Waals surface area contributed by atoms with Crippen LogP contribution >= 0.6 is 11.8 Å². The molecule has 7 heteroatoms. The molecule has 0 radical (unpaired) electrons. The molecule has 2 rings (SSSR count). The summed E-state index contributed by atoms with van der Waals surface area (Å²) in [5.74, 6) is -0.751. The van der Waals surface area contributed by atoms with Gasteiger partial charge in [-0.2, -0.15) is 16.2 Å². The van der Waals surface area contributed by atoms with Gasteiger partial charge < -0.3 is 5.32 Å². The third-order valence-electron chi connectivity index (χ3n) is 3.27. The molecule has 1 saturated heterocycles. The van der Waals surface area contributed by atoms with E-state index in [4.69, 9.17) is 0 Å². The van der Waals surface area contributed by atoms with Crippen molar-refractivity contribution in [2.24, 2.45) is 0 Å². The Morgan fingerprint density at radius 1 is 1.35 bits per heavy atom. The SMILES string of the molecule is O=[N+]([O-])c1cc(CNCC2CCCCS2)c(F)cc1F. The Kier molecular flexibility index (Phi) is 5.31. The second-order valence-corrected chi connectivity index (χ2v) is 6.18. The fourth-order valence-electron chi connectivity index (χ4n) is 2.19. The highest BCUT2D eigenvalue weighted by Gasteiger charge is 2.19. The molecule has 1 heterocycles. The maximum Gasteiger partial charge on any atom is 0.305 e. The van der Waals surface area contributed by atoms with Gasteiger partial charge in [-0.25, -0.2) is 4.39 Å². The summed E-state index contributed by atoms with van der Waals surface area (Å²) in [6, 6.07) is 1.54. The highest BCUT2D eigenvalue weighted by Crippen LogP contribution is 2.25. The van der Waals surface area contributed by atoms with Crippen molar-refractivity contribution in [2.45, 2.75) is 31.1 Å². The molecule has 1 atom stereocenters. The summed E-state index contributed by atoms with van der Waals surface area (Å²) in [4.78, 5) is 9.79. The molecule has 20 heavy (non-hydrogen) atoms. The Morgan fingerprint density at radius 3 is 2.80 bits per heavy atom. The van der Waals surface area contributed by atoms with Crippen LogP contribution in [-0.4, -0.2) is 22.5 Å². The number of nitrogens with zero attached hydrogens (tertiary/aromatic N) is 1. The average molecular weight is 302 g/mol. The fourth-order valence-corrected chi connectivity index (χ4v) is 3.47. The van der Waals surface area contributed by atoms with E-state index < -0.39 is 22.2 Å². The van der Waals surface area contributed by atoms with Gasteiger partial charge in [0.05, 0.1) is 4.92 Å². The molecule has 0 aliphatic carbocycles. The third-order valence-corrected chi connectivity index (χ3v) is 4.67. The van der Waals surface area contributed by atoms with Crippen LogP contribution in [0.3, 0.4) is 0 Å². The van der Waals surface area contributed by atoms with Crippen molar-refractivity contribution in [1.29, 1.82) is 0 Å². The van der Waals surface area contributed by atoms with Gasteiger partial charge in [-0.3, -0.25) is 10.1 Å². The molecule has 1 unspecified atom stereocenters. The minimum atomic E-state index is -1.14. The standard InChI is InChI=1S/C13H16F2N2O2S/c14-11-6-12(15)13(17(18)19)5-9(11)7-16-8-10-3-1-2-4-20-10/h5-6,10,16H,1-4,7-8H2. The largest absolute Gasteiger partial charge is 0.311 e. The number of nitrogens with one attached hydrogen (secondary N) is 1. The molecule has 0 bridgehead atoms. The number of thioether (sulfide) groups is 1. The minimum Gasteiger partial charge on any atom is -0.311 e. The van der Waals surface area contributed by atoms with Crippen LogP contribution in [0.4, 0.5) is 14.5 Å². The first kappa shape index (κ1) is 15.2. The van der Waals surface area contributed by atoms with Crippen molar-refractivity contribution >= 4 is 17.4 Å². The number of hydrogen-bond acceptors (Lipinski definition) is 4. The van der Waals surface area contributed by atoms with Gasteiger partial charge in [0.1, 0.15) is 5.82 Å². The van der Waals surface area contributed by atoms with Gasteiger partial charge in [-0.15, -0.1) is 0 Å². The summed E-state index contributed by atoms with van der Waals surface area (Å²) in [6.45, 7) is 0.902. The zero-order valence-electron chi connectivity index (χ0n) is 10.9. The van der Waals surface area contributed by atoms with Gasteiger partial charge in [0.25, 0.3) is 0 Å². The topological polar surface area (TPSA) is 55.2 Å². The molecule has 0 saturated carbocycles. The molecule has 1 aromatic carbocycles. The number of halogens is 2. The van der Waals surface area contributed by atoms with E-state index in [0.717, 1.165) is 24.8 Å². The first-order valence-corrected chi connectivity index (χ1v) is 7.57. The molecule has 0 spiro atoms. The van der Waals surface area contributed by atoms with Crippen LogP contribution in [0.1, 0.15) is 24.8 Å². The van der Waals surface area contributed by atoms with Gasteiger partial charge in [-0.1, -0.05) is 6.42 Å². The Balaban J connectivity index is 1.94. The van der Waals surface area contributed by atoms with Gasteiger partial charge >= 0.3 is 5.69 Å². The van der Waals surface area contributed by atoms with Crippen LogP contribution in [0.5, 0.6) is 0 Å². The minimum absolute atomic E-state index is 0.124. The smallest absolute Gasteiger partial charge is 0.305 e. The first-order valence-electron chi connectivity index (χ1n) is 6.52. The summed E-state index contributed by atoms with van der Waals surface area (Å²) in [5, 5.41) is 14.2. The maximum absolute atomic E-state index is 13.6. The lowest BCUT2D eigenvalue weighted by atomic mass is 10.1. The van der Waals surface area contributed by atoms with Crippen molar-refractivity contribution in [3.8, 4) is 0 Å². The Morgan fingerprint density at radius 2 is 2.15 bits per heavy atom. The van der Waals surface area contributed by atoms with Crippen molar-refractivity contribution < 1.29 is 13.7 Å². The molecule has 4 nitrogen and oxygen atoms in total. The average Bonchev–Trinajstić information content (AvgIpc) is 2.42. The quantitative estimate of drug-likeness (QED) is 0.670. The van der Waals surface area contributed by atoms with Crippen molar-refractivity contribution in [1.82, 2.24) is 5.32 Å². The zero-order chi connectivity index (χ0) is 14.5. The van der Waals surface area contributed by atoms with Crippen LogP contribution in [0.25, 0.3) is 0 Å². The Labute approximate surface area is 120 Å². The molecular formula is C13H16F2N2O2S. The first-order chi connectivity index (χ1) is 9.58. The number of nitro benzene ring substituents is 1. The van der Waals surface area contributed by atoms with Crippen molar-refractivity contribution in [3.05, 3.63) is 39.4 Å². The van der Waals surface area contributed by atoms with Crippen LogP contribution in [0.15, 0.2) is 12.1 Å². The predicted octanol–water partition coefficient (Wildman–Crippen LogP) is 3.25. The molecule has 0 aromatic heterocycles. The Hall–Kier alpha value is -1.21. The van der Waals surface area contributed by atoms with E-state index in [-0.39, 0.29) is 12.1 Å². The van der Waals surface area contributed by atoms with Gasteiger partial charge in [0.15, 0.2) is 0 Å². The third kappa shape index (κ3) is 3.89. The van der Waals surface area contributed by atoms with Crippen LogP contribution in [0.2, 0.25) is 0 Å². The van der Waals surface area contributed by atoms with E-state index in [0.29, 0.717) is 11.3 Å². The summed E-state index contributed by atoms with van der Waals surface area (Å²) in [5.41, 5.74) is -0.561. The molecule has 1 aliphatic rings. The van der Waals surface area contributed by atoms with Gasteiger partial charge in [-0.05, 0) is 18.6 Å². The molecule has 110 valence electrons. The van der Waals surface area contributed by atoms with E-state index in [9.17, 15) is 18.9 Å². The summed E-state index contributed by atoms with van der Waals surface area (Å²) in [7, 11) is 0. The number of rotatable bonds is 5. The maximum atomic E-state index is 13.6. The normalized spacial score (nSPS) is 19.0. The lowest BCUT2D eigenvalue weighted by Gasteiger charge is -2.21. The highest BCUT2D eigenvalue weighted by atomic mass is 32.2. The van der Waals surface area contributed by atoms with E-state index in [1.807, 2.05) is 11.8 Å². The van der Waals surface area contributed by atoms with Gasteiger partial charge in [0, 0.05) is 36.0 Å². The van der Waals surface area contributed by atoms with E-state index >= 15 is 0 Å². The van der Waals surface area contributed by atoms with Crippen LogP contribution in [0, 0.1) is 21.7 Å². The van der Waals surface area contributed by atoms with E-state index in [1.165, 1.54) is 12.8 Å².